The van der Waals surface area contributed by atoms with E-state index in [-0.39, 0.29) is 5.82 Å². The third-order valence-corrected chi connectivity index (χ3v) is 9.23. The van der Waals surface area contributed by atoms with Gasteiger partial charge in [-0.3, -0.25) is 0 Å². The molecule has 0 amide bonds. The molecule has 0 aliphatic carbocycles. The Hall–Kier alpha value is -1.66. The molecule has 0 radical (unpaired) electrons. The summed E-state index contributed by atoms with van der Waals surface area (Å²) < 4.78 is 14.1. The minimum atomic E-state index is -2.04. The van der Waals surface area contributed by atoms with Crippen molar-refractivity contribution >= 4 is 37.1 Å². The van der Waals surface area contributed by atoms with E-state index in [1.807, 2.05) is 42.5 Å². The van der Waals surface area contributed by atoms with E-state index in [4.69, 9.17) is 0 Å². The second-order valence-corrected chi connectivity index (χ2v) is 10.8. The van der Waals surface area contributed by atoms with Gasteiger partial charge in [-0.15, -0.1) is 0 Å². The van der Waals surface area contributed by atoms with E-state index >= 15 is 0 Å². The van der Waals surface area contributed by atoms with Gasteiger partial charge in [0.05, 0.1) is 0 Å². The molecule has 1 nitrogen and oxygen atoms in total. The van der Waals surface area contributed by atoms with E-state index in [9.17, 15) is 4.39 Å². The first-order chi connectivity index (χ1) is 10.7. The summed E-state index contributed by atoms with van der Waals surface area (Å²) in [5, 5.41) is 5.72. The van der Waals surface area contributed by atoms with Crippen LogP contribution in [0.1, 0.15) is 0 Å². The Kier molecular flexibility index (Phi) is 4.59. The molecule has 0 heterocycles. The first-order valence-corrected chi connectivity index (χ1v) is 10.9. The monoisotopic (exact) mass is 375 g/mol. The predicted octanol–water partition coefficient (Wildman–Crippen LogP) is 3.90. The normalized spacial score (nSPS) is 11.1. The van der Waals surface area contributed by atoms with Gasteiger partial charge in [0, 0.05) is 0 Å². The van der Waals surface area contributed by atoms with Crippen LogP contribution in [0.3, 0.4) is 0 Å². The molecule has 3 aromatic carbocycles. The number of anilines is 1. The van der Waals surface area contributed by atoms with Crippen LogP contribution in [-0.2, 0) is 0 Å². The van der Waals surface area contributed by atoms with Gasteiger partial charge < -0.3 is 0 Å². The number of benzene rings is 3. The standard InChI is InChI=1S/C18H15FNPSe/c19-17-13-7-8-14-18(17)20-21(22,15-9-3-1-4-10-15)16-11-5-2-6-12-16/h1-14H,(H,20,22). The summed E-state index contributed by atoms with van der Waals surface area (Å²) in [7, 11) is 0. The van der Waals surface area contributed by atoms with Crippen LogP contribution in [-0.4, -0.2) is 15.1 Å². The van der Waals surface area contributed by atoms with E-state index in [0.717, 1.165) is 10.6 Å². The van der Waals surface area contributed by atoms with Gasteiger partial charge in [0.2, 0.25) is 0 Å². The fourth-order valence-corrected chi connectivity index (χ4v) is 6.69. The molecule has 22 heavy (non-hydrogen) atoms. The van der Waals surface area contributed by atoms with E-state index in [2.05, 4.69) is 44.5 Å². The van der Waals surface area contributed by atoms with E-state index < -0.39 is 5.66 Å². The summed E-state index contributed by atoms with van der Waals surface area (Å²) in [4.78, 5) is 0. The summed E-state index contributed by atoms with van der Waals surface area (Å²) in [6.45, 7) is 0. The molecule has 4 heteroatoms. The van der Waals surface area contributed by atoms with Crippen molar-refractivity contribution in [1.82, 2.24) is 0 Å². The van der Waals surface area contributed by atoms with Crippen LogP contribution in [0.2, 0.25) is 0 Å². The molecule has 3 aromatic rings. The van der Waals surface area contributed by atoms with Gasteiger partial charge in [0.15, 0.2) is 0 Å². The van der Waals surface area contributed by atoms with Crippen LogP contribution < -0.4 is 15.7 Å². The quantitative estimate of drug-likeness (QED) is 0.540. The Balaban J connectivity index is 2.13. The molecule has 0 fully saturated rings. The molecular weight excluding hydrogens is 359 g/mol. The van der Waals surface area contributed by atoms with Gasteiger partial charge in [-0.2, -0.15) is 0 Å². The van der Waals surface area contributed by atoms with E-state index in [1.54, 1.807) is 12.1 Å². The van der Waals surface area contributed by atoms with Gasteiger partial charge in [0.1, 0.15) is 0 Å². The molecule has 0 saturated heterocycles. The van der Waals surface area contributed by atoms with Crippen LogP contribution in [0.25, 0.3) is 0 Å². The minimum absolute atomic E-state index is 0.242. The van der Waals surface area contributed by atoms with E-state index in [0.29, 0.717) is 5.69 Å². The summed E-state index contributed by atoms with van der Waals surface area (Å²) in [6.07, 6.45) is 0. The second kappa shape index (κ2) is 6.62. The molecule has 0 atom stereocenters. The van der Waals surface area contributed by atoms with Crippen molar-refractivity contribution in [3.8, 4) is 0 Å². The molecule has 0 aliphatic rings. The van der Waals surface area contributed by atoms with Gasteiger partial charge >= 0.3 is 137 Å². The van der Waals surface area contributed by atoms with Crippen molar-refractivity contribution in [3.63, 3.8) is 0 Å². The topological polar surface area (TPSA) is 12.0 Å². The molecule has 0 spiro atoms. The number of halogens is 1. The van der Waals surface area contributed by atoms with Crippen molar-refractivity contribution in [3.05, 3.63) is 90.7 Å². The third kappa shape index (κ3) is 3.08. The van der Waals surface area contributed by atoms with Gasteiger partial charge in [-0.25, -0.2) is 0 Å². The zero-order valence-electron chi connectivity index (χ0n) is 11.8. The maximum absolute atomic E-state index is 14.1. The Labute approximate surface area is 137 Å². The number of para-hydroxylation sites is 1. The average molecular weight is 374 g/mol. The fraction of sp³-hybridized carbons (Fsp3) is 0. The molecule has 1 N–H and O–H groups in total. The average Bonchev–Trinajstić information content (AvgIpc) is 2.58. The second-order valence-electron chi connectivity index (χ2n) is 4.87. The van der Waals surface area contributed by atoms with Gasteiger partial charge in [-0.05, 0) is 0 Å². The Bertz CT molecular complexity index is 762. The summed E-state index contributed by atoms with van der Waals surface area (Å²) in [6, 6.07) is 27.1. The molecule has 0 aromatic heterocycles. The van der Waals surface area contributed by atoms with Crippen molar-refractivity contribution in [2.45, 2.75) is 0 Å². The Morgan fingerprint density at radius 2 is 1.14 bits per heavy atom. The van der Waals surface area contributed by atoms with Crippen LogP contribution in [0, 0.1) is 5.82 Å². The van der Waals surface area contributed by atoms with Gasteiger partial charge in [-0.1, -0.05) is 0 Å². The van der Waals surface area contributed by atoms with Crippen molar-refractivity contribution < 1.29 is 4.39 Å². The van der Waals surface area contributed by atoms with Crippen molar-refractivity contribution in [1.29, 1.82) is 0 Å². The van der Waals surface area contributed by atoms with Crippen LogP contribution in [0.5, 0.6) is 0 Å². The molecule has 110 valence electrons. The van der Waals surface area contributed by atoms with E-state index in [1.165, 1.54) is 6.07 Å². The maximum atomic E-state index is 14.1. The molecular formula is C18H15FNPSe. The molecule has 0 aliphatic heterocycles. The molecule has 0 unspecified atom stereocenters. The zero-order chi connectivity index (χ0) is 15.4. The molecule has 0 bridgehead atoms. The predicted molar refractivity (Wildman–Crippen MR) is 94.8 cm³/mol. The summed E-state index contributed by atoms with van der Waals surface area (Å²) in [5.74, 6) is -0.242. The number of hydrogen-bond donors (Lipinski definition) is 1. The third-order valence-electron chi connectivity index (χ3n) is 3.39. The first-order valence-electron chi connectivity index (χ1n) is 6.94. The SMILES string of the molecule is Fc1ccccc1NP(=[Se])(c1ccccc1)c1ccccc1. The summed E-state index contributed by atoms with van der Waals surface area (Å²) >= 11 is 3.33. The number of rotatable bonds is 4. The van der Waals surface area contributed by atoms with Gasteiger partial charge in [0.25, 0.3) is 0 Å². The fourth-order valence-electron chi connectivity index (χ4n) is 2.28. The summed E-state index contributed by atoms with van der Waals surface area (Å²) in [5.41, 5.74) is -1.52. The molecule has 0 saturated carbocycles. The Morgan fingerprint density at radius 3 is 1.64 bits per heavy atom. The Morgan fingerprint density at radius 1 is 0.682 bits per heavy atom. The zero-order valence-corrected chi connectivity index (χ0v) is 14.4. The van der Waals surface area contributed by atoms with Crippen LogP contribution >= 0.6 is 5.66 Å². The number of hydrogen-bond acceptors (Lipinski definition) is 1. The molecule has 3 rings (SSSR count). The first kappa shape index (κ1) is 15.2. The number of nitrogens with one attached hydrogen (secondary N) is 1. The van der Waals surface area contributed by atoms with Crippen LogP contribution in [0.15, 0.2) is 84.9 Å². The van der Waals surface area contributed by atoms with Crippen molar-refractivity contribution in [2.24, 2.45) is 0 Å². The van der Waals surface area contributed by atoms with Crippen molar-refractivity contribution in [2.75, 3.05) is 5.09 Å². The van der Waals surface area contributed by atoms with Crippen LogP contribution in [0.4, 0.5) is 10.1 Å².